The van der Waals surface area contributed by atoms with Crippen molar-refractivity contribution in [3.63, 3.8) is 0 Å². The molecule has 2 rings (SSSR count). The number of benzene rings is 1. The first-order chi connectivity index (χ1) is 10.7. The highest BCUT2D eigenvalue weighted by Gasteiger charge is 2.11. The third-order valence-electron chi connectivity index (χ3n) is 3.49. The first-order valence-electron chi connectivity index (χ1n) is 7.24. The van der Waals surface area contributed by atoms with Crippen molar-refractivity contribution in [2.45, 2.75) is 12.8 Å². The molecule has 1 N–H and O–H groups in total. The number of anilines is 1. The fraction of sp³-hybridized carbons (Fsp3) is 0.222. The van der Waals surface area contributed by atoms with Crippen LogP contribution in [0.2, 0.25) is 0 Å². The van der Waals surface area contributed by atoms with Gasteiger partial charge >= 0.3 is 5.97 Å². The van der Waals surface area contributed by atoms with Crippen LogP contribution in [0.25, 0.3) is 6.08 Å². The van der Waals surface area contributed by atoms with Crippen LogP contribution in [0.1, 0.15) is 18.4 Å². The molecule has 0 spiro atoms. The Balaban J connectivity index is 1.93. The second-order valence-corrected chi connectivity index (χ2v) is 5.03. The first-order valence-corrected chi connectivity index (χ1v) is 7.24. The van der Waals surface area contributed by atoms with Gasteiger partial charge in [0.2, 0.25) is 0 Å². The lowest BCUT2D eigenvalue weighted by Gasteiger charge is -2.17. The molecular weight excluding hydrogens is 276 g/mol. The molecule has 4 heteroatoms. The van der Waals surface area contributed by atoms with Gasteiger partial charge in [0.05, 0.1) is 0 Å². The maximum atomic E-state index is 10.6. The quantitative estimate of drug-likeness (QED) is 0.513. The minimum Gasteiger partial charge on any atom is -0.477 e. The van der Waals surface area contributed by atoms with Crippen molar-refractivity contribution >= 4 is 17.7 Å². The van der Waals surface area contributed by atoms with E-state index in [2.05, 4.69) is 29.2 Å². The topological polar surface area (TPSA) is 64.3 Å². The van der Waals surface area contributed by atoms with Crippen LogP contribution in [-0.4, -0.2) is 24.2 Å². The summed E-state index contributed by atoms with van der Waals surface area (Å²) in [6, 6.07) is 9.98. The summed E-state index contributed by atoms with van der Waals surface area (Å²) in [5.74, 6) is -1.21. The molecule has 0 radical (unpaired) electrons. The van der Waals surface area contributed by atoms with E-state index in [0.717, 1.165) is 18.7 Å². The largest absolute Gasteiger partial charge is 0.477 e. The molecule has 0 unspecified atom stereocenters. The van der Waals surface area contributed by atoms with Crippen molar-refractivity contribution in [1.82, 2.24) is 0 Å². The zero-order valence-corrected chi connectivity index (χ0v) is 12.3. The highest BCUT2D eigenvalue weighted by molar-refractivity contribution is 5.91. The molecule has 0 saturated carbocycles. The average Bonchev–Trinajstić information content (AvgIpc) is 3.05. The highest BCUT2D eigenvalue weighted by atomic mass is 16.4. The lowest BCUT2D eigenvalue weighted by Crippen LogP contribution is -2.17. The predicted molar refractivity (Wildman–Crippen MR) is 87.4 cm³/mol. The Kier molecular flexibility index (Phi) is 5.56. The summed E-state index contributed by atoms with van der Waals surface area (Å²) < 4.78 is 0. The van der Waals surface area contributed by atoms with E-state index in [1.54, 1.807) is 18.2 Å². The van der Waals surface area contributed by atoms with Crippen LogP contribution in [-0.2, 0) is 4.79 Å². The Labute approximate surface area is 130 Å². The SMILES string of the molecule is N#C\C(=C/C=C/C=C/c1ccc(N2CCCC2)cc1)C(=O)O. The fourth-order valence-electron chi connectivity index (χ4n) is 2.31. The Hall–Kier alpha value is -2.80. The molecule has 1 aliphatic rings. The van der Waals surface area contributed by atoms with Crippen LogP contribution in [0.15, 0.2) is 54.1 Å². The van der Waals surface area contributed by atoms with Crippen molar-refractivity contribution in [2.24, 2.45) is 0 Å². The van der Waals surface area contributed by atoms with Crippen LogP contribution in [0, 0.1) is 11.3 Å². The van der Waals surface area contributed by atoms with Gasteiger partial charge in [-0.25, -0.2) is 4.79 Å². The van der Waals surface area contributed by atoms with Crippen LogP contribution in [0.3, 0.4) is 0 Å². The molecular formula is C18H18N2O2. The molecule has 1 saturated heterocycles. The smallest absolute Gasteiger partial charge is 0.346 e. The lowest BCUT2D eigenvalue weighted by molar-refractivity contribution is -0.132. The van der Waals surface area contributed by atoms with E-state index < -0.39 is 5.97 Å². The van der Waals surface area contributed by atoms with E-state index in [1.807, 2.05) is 12.2 Å². The zero-order chi connectivity index (χ0) is 15.8. The van der Waals surface area contributed by atoms with Gasteiger partial charge in [0.15, 0.2) is 0 Å². The highest BCUT2D eigenvalue weighted by Crippen LogP contribution is 2.20. The van der Waals surface area contributed by atoms with Gasteiger partial charge in [0, 0.05) is 18.8 Å². The van der Waals surface area contributed by atoms with Crippen molar-refractivity contribution < 1.29 is 9.90 Å². The Morgan fingerprint density at radius 2 is 1.82 bits per heavy atom. The number of allylic oxidation sites excluding steroid dienone is 4. The number of nitriles is 1. The second-order valence-electron chi connectivity index (χ2n) is 5.03. The summed E-state index contributed by atoms with van der Waals surface area (Å²) in [6.07, 6.45) is 10.8. The maximum Gasteiger partial charge on any atom is 0.346 e. The predicted octanol–water partition coefficient (Wildman–Crippen LogP) is 3.39. The van der Waals surface area contributed by atoms with Crippen LogP contribution < -0.4 is 4.90 Å². The molecule has 4 nitrogen and oxygen atoms in total. The second kappa shape index (κ2) is 7.84. The normalized spacial score (nSPS) is 15.6. The standard InChI is InChI=1S/C18H18N2O2/c19-14-16(18(21)22)7-3-1-2-6-15-8-10-17(11-9-15)20-12-4-5-13-20/h1-3,6-11H,4-5,12-13H2,(H,21,22)/b3-1+,6-2+,16-7+. The molecule has 1 heterocycles. The molecule has 1 fully saturated rings. The third-order valence-corrected chi connectivity index (χ3v) is 3.49. The van der Waals surface area contributed by atoms with Gasteiger partial charge in [0.1, 0.15) is 11.6 Å². The summed E-state index contributed by atoms with van der Waals surface area (Å²) in [6.45, 7) is 2.27. The van der Waals surface area contributed by atoms with Gasteiger partial charge in [-0.15, -0.1) is 0 Å². The molecule has 0 aliphatic carbocycles. The van der Waals surface area contributed by atoms with Crippen LogP contribution in [0.5, 0.6) is 0 Å². The molecule has 0 amide bonds. The molecule has 112 valence electrons. The maximum absolute atomic E-state index is 10.6. The number of carboxylic acid groups (broad SMARTS) is 1. The summed E-state index contributed by atoms with van der Waals surface area (Å²) in [4.78, 5) is 13.0. The summed E-state index contributed by atoms with van der Waals surface area (Å²) in [5.41, 5.74) is 2.06. The van der Waals surface area contributed by atoms with E-state index in [9.17, 15) is 4.79 Å². The number of rotatable bonds is 5. The van der Waals surface area contributed by atoms with E-state index in [4.69, 9.17) is 10.4 Å². The summed E-state index contributed by atoms with van der Waals surface area (Å²) >= 11 is 0. The molecule has 0 bridgehead atoms. The number of carbonyl (C=O) groups is 1. The van der Waals surface area contributed by atoms with E-state index >= 15 is 0 Å². The number of hydrogen-bond donors (Lipinski definition) is 1. The molecule has 0 atom stereocenters. The number of nitrogens with zero attached hydrogens (tertiary/aromatic N) is 2. The number of carboxylic acids is 1. The summed E-state index contributed by atoms with van der Waals surface area (Å²) in [7, 11) is 0. The average molecular weight is 294 g/mol. The van der Waals surface area contributed by atoms with Crippen molar-refractivity contribution in [3.05, 3.63) is 59.7 Å². The van der Waals surface area contributed by atoms with Gasteiger partial charge in [-0.1, -0.05) is 36.4 Å². The van der Waals surface area contributed by atoms with Gasteiger partial charge in [-0.05, 0) is 36.6 Å². The van der Waals surface area contributed by atoms with E-state index in [-0.39, 0.29) is 5.57 Å². The van der Waals surface area contributed by atoms with E-state index in [1.165, 1.54) is 24.6 Å². The van der Waals surface area contributed by atoms with Crippen LogP contribution >= 0.6 is 0 Å². The Morgan fingerprint density at radius 1 is 1.14 bits per heavy atom. The van der Waals surface area contributed by atoms with Gasteiger partial charge in [0.25, 0.3) is 0 Å². The lowest BCUT2D eigenvalue weighted by atomic mass is 10.2. The zero-order valence-electron chi connectivity index (χ0n) is 12.3. The monoisotopic (exact) mass is 294 g/mol. The Bertz CT molecular complexity index is 643. The van der Waals surface area contributed by atoms with Gasteiger partial charge < -0.3 is 10.0 Å². The fourth-order valence-corrected chi connectivity index (χ4v) is 2.31. The molecule has 0 aromatic heterocycles. The summed E-state index contributed by atoms with van der Waals surface area (Å²) in [5, 5.41) is 17.3. The van der Waals surface area contributed by atoms with E-state index in [0.29, 0.717) is 0 Å². The van der Waals surface area contributed by atoms with Crippen molar-refractivity contribution in [3.8, 4) is 6.07 Å². The molecule has 1 aromatic carbocycles. The Morgan fingerprint density at radius 3 is 2.41 bits per heavy atom. The van der Waals surface area contributed by atoms with Gasteiger partial charge in [-0.2, -0.15) is 5.26 Å². The number of aliphatic carboxylic acids is 1. The molecule has 1 aliphatic heterocycles. The minimum atomic E-state index is -1.21. The van der Waals surface area contributed by atoms with Crippen LogP contribution in [0.4, 0.5) is 5.69 Å². The first kappa shape index (κ1) is 15.6. The third kappa shape index (κ3) is 4.35. The molecule has 22 heavy (non-hydrogen) atoms. The minimum absolute atomic E-state index is 0.278. The van der Waals surface area contributed by atoms with Gasteiger partial charge in [-0.3, -0.25) is 0 Å². The molecule has 1 aromatic rings. The number of hydrogen-bond acceptors (Lipinski definition) is 3. The van der Waals surface area contributed by atoms with Crippen molar-refractivity contribution in [2.75, 3.05) is 18.0 Å². The van der Waals surface area contributed by atoms with Crippen molar-refractivity contribution in [1.29, 1.82) is 5.26 Å².